The summed E-state index contributed by atoms with van der Waals surface area (Å²) in [7, 11) is 0. The highest BCUT2D eigenvalue weighted by molar-refractivity contribution is 6.49. The first-order chi connectivity index (χ1) is 19.5. The van der Waals surface area contributed by atoms with E-state index in [1.54, 1.807) is 18.2 Å². The third kappa shape index (κ3) is 6.25. The highest BCUT2D eigenvalue weighted by Crippen LogP contribution is 2.39. The zero-order valence-electron chi connectivity index (χ0n) is 23.1. The van der Waals surface area contributed by atoms with Crippen LogP contribution < -0.4 is 5.43 Å². The molecule has 41 heavy (non-hydrogen) atoms. The fourth-order valence-corrected chi connectivity index (χ4v) is 4.53. The number of carbonyl (C=O) groups excluding carboxylic acids is 4. The zero-order chi connectivity index (χ0) is 29.7. The second kappa shape index (κ2) is 12.3. The number of nitrogens with one attached hydrogen (secondary N) is 1. The Labute approximate surface area is 242 Å². The lowest BCUT2D eigenvalue weighted by molar-refractivity contribution is -0.145. The molecule has 1 aliphatic carbocycles. The summed E-state index contributed by atoms with van der Waals surface area (Å²) in [6.45, 7) is 7.36. The number of hydrazine groups is 1. The Morgan fingerprint density at radius 1 is 1.07 bits per heavy atom. The maximum absolute atomic E-state index is 13.8. The van der Waals surface area contributed by atoms with Crippen molar-refractivity contribution in [2.75, 3.05) is 0 Å². The first-order valence-corrected chi connectivity index (χ1v) is 13.4. The summed E-state index contributed by atoms with van der Waals surface area (Å²) < 4.78 is 5.47. The lowest BCUT2D eigenvalue weighted by Gasteiger charge is -2.35. The van der Waals surface area contributed by atoms with Crippen LogP contribution in [0.5, 0.6) is 0 Å². The third-order valence-electron chi connectivity index (χ3n) is 6.75. The van der Waals surface area contributed by atoms with Gasteiger partial charge in [0.15, 0.2) is 0 Å². The van der Waals surface area contributed by atoms with E-state index in [9.17, 15) is 19.2 Å². The standard InChI is InChI=1S/C31H29ClN4O5/c1-5-19(2)16-20(3)6-7-23-17-24-25(18-36(23)35-29(39)21-8-12-33-13-9-21)27(37)31(4,28(38)26(24)32)41-30(40)22-10-14-34-15-11-22/h6-19H,5H2,1-4H3,(H,35,39)/b7-6+,20-16+/t19-,31+/m0/s1. The molecule has 0 bridgehead atoms. The lowest BCUT2D eigenvalue weighted by Crippen LogP contribution is -2.52. The SMILES string of the molecule is CC[C@H](C)/C=C(C)/C=C/C1=CC2=C(Cl)C(=O)[C@](C)(OC(=O)c3ccncc3)C(=O)C2=CN1NC(=O)c1ccncc1. The number of allylic oxidation sites excluding steroid dienone is 6. The maximum Gasteiger partial charge on any atom is 0.339 e. The van der Waals surface area contributed by atoms with Gasteiger partial charge in [-0.1, -0.05) is 49.6 Å². The van der Waals surface area contributed by atoms with Crippen LogP contribution in [0.4, 0.5) is 0 Å². The molecular weight excluding hydrogens is 544 g/mol. The fourth-order valence-electron chi connectivity index (χ4n) is 4.19. The summed E-state index contributed by atoms with van der Waals surface area (Å²) in [6.07, 6.45) is 15.4. The number of pyridine rings is 2. The van der Waals surface area contributed by atoms with Gasteiger partial charge in [0, 0.05) is 47.7 Å². The largest absolute Gasteiger partial charge is 0.439 e. The number of fused-ring (bicyclic) bond motifs is 1. The van der Waals surface area contributed by atoms with Crippen molar-refractivity contribution in [3.8, 4) is 0 Å². The van der Waals surface area contributed by atoms with Crippen molar-refractivity contribution in [1.82, 2.24) is 20.4 Å². The average molecular weight is 573 g/mol. The molecule has 2 atom stereocenters. The lowest BCUT2D eigenvalue weighted by atomic mass is 9.79. The van der Waals surface area contributed by atoms with Crippen LogP contribution in [0.25, 0.3) is 0 Å². The molecule has 9 nitrogen and oxygen atoms in total. The van der Waals surface area contributed by atoms with Crippen molar-refractivity contribution in [2.45, 2.75) is 39.7 Å². The van der Waals surface area contributed by atoms with Crippen LogP contribution in [0, 0.1) is 5.92 Å². The minimum atomic E-state index is -2.22. The quantitative estimate of drug-likeness (QED) is 0.266. The molecule has 0 aromatic carbocycles. The number of esters is 1. The van der Waals surface area contributed by atoms with Crippen molar-refractivity contribution in [3.05, 3.63) is 118 Å². The van der Waals surface area contributed by atoms with E-state index >= 15 is 0 Å². The minimum absolute atomic E-state index is 0.00123. The molecule has 2 aliphatic rings. The van der Waals surface area contributed by atoms with E-state index in [1.165, 1.54) is 61.1 Å². The van der Waals surface area contributed by atoms with Crippen LogP contribution >= 0.6 is 11.6 Å². The van der Waals surface area contributed by atoms with Gasteiger partial charge in [-0.2, -0.15) is 0 Å². The molecule has 0 spiro atoms. The first-order valence-electron chi connectivity index (χ1n) is 13.0. The number of rotatable bonds is 8. The molecule has 210 valence electrons. The molecule has 0 saturated heterocycles. The zero-order valence-corrected chi connectivity index (χ0v) is 23.8. The van der Waals surface area contributed by atoms with E-state index in [-0.39, 0.29) is 21.7 Å². The number of amides is 1. The number of aromatic nitrogens is 2. The highest BCUT2D eigenvalue weighted by Gasteiger charge is 2.53. The topological polar surface area (TPSA) is 119 Å². The van der Waals surface area contributed by atoms with Gasteiger partial charge in [-0.05, 0) is 56.2 Å². The Morgan fingerprint density at radius 2 is 1.68 bits per heavy atom. The van der Waals surface area contributed by atoms with Crippen molar-refractivity contribution in [3.63, 3.8) is 0 Å². The van der Waals surface area contributed by atoms with Crippen molar-refractivity contribution >= 4 is 35.0 Å². The number of Topliss-reactive ketones (excluding diaryl/α,β-unsaturated/α-hetero) is 2. The van der Waals surface area contributed by atoms with Crippen LogP contribution in [0.3, 0.4) is 0 Å². The monoisotopic (exact) mass is 572 g/mol. The second-order valence-electron chi connectivity index (χ2n) is 9.83. The number of halogens is 1. The van der Waals surface area contributed by atoms with Gasteiger partial charge < -0.3 is 4.74 Å². The molecule has 0 radical (unpaired) electrons. The summed E-state index contributed by atoms with van der Waals surface area (Å²) in [5.74, 6) is -2.60. The van der Waals surface area contributed by atoms with Crippen molar-refractivity contribution in [1.29, 1.82) is 0 Å². The molecule has 2 aromatic rings. The first kappa shape index (κ1) is 29.4. The van der Waals surface area contributed by atoms with Gasteiger partial charge in [-0.15, -0.1) is 0 Å². The highest BCUT2D eigenvalue weighted by atomic mass is 35.5. The van der Waals surface area contributed by atoms with Crippen LogP contribution in [0.15, 0.2) is 107 Å². The van der Waals surface area contributed by atoms with Crippen LogP contribution in [0.2, 0.25) is 0 Å². The molecule has 1 amide bonds. The molecule has 0 fully saturated rings. The molecule has 0 saturated carbocycles. The number of ether oxygens (including phenoxy) is 1. The van der Waals surface area contributed by atoms with Gasteiger partial charge in [-0.3, -0.25) is 34.8 Å². The number of carbonyl (C=O) groups is 4. The fraction of sp³-hybridized carbons (Fsp3) is 0.226. The van der Waals surface area contributed by atoms with E-state index < -0.39 is 29.0 Å². The molecule has 10 heteroatoms. The number of nitrogens with zero attached hydrogens (tertiary/aromatic N) is 3. The predicted octanol–water partition coefficient (Wildman–Crippen LogP) is 5.01. The molecule has 2 aromatic heterocycles. The van der Waals surface area contributed by atoms with E-state index in [2.05, 4.69) is 35.3 Å². The summed E-state index contributed by atoms with van der Waals surface area (Å²) in [5.41, 5.74) is 2.60. The Morgan fingerprint density at radius 3 is 2.29 bits per heavy atom. The number of hydrogen-bond acceptors (Lipinski definition) is 8. The maximum atomic E-state index is 13.8. The summed E-state index contributed by atoms with van der Waals surface area (Å²) in [5, 5.41) is 1.11. The van der Waals surface area contributed by atoms with Gasteiger partial charge in [0.2, 0.25) is 17.2 Å². The van der Waals surface area contributed by atoms with Gasteiger partial charge in [0.1, 0.15) is 0 Å². The van der Waals surface area contributed by atoms with E-state index in [1.807, 2.05) is 13.0 Å². The molecule has 4 rings (SSSR count). The van der Waals surface area contributed by atoms with E-state index in [0.29, 0.717) is 17.2 Å². The van der Waals surface area contributed by atoms with Crippen LogP contribution in [-0.2, 0) is 14.3 Å². The van der Waals surface area contributed by atoms with E-state index in [4.69, 9.17) is 16.3 Å². The second-order valence-corrected chi connectivity index (χ2v) is 10.2. The van der Waals surface area contributed by atoms with Gasteiger partial charge in [0.05, 0.1) is 16.3 Å². The molecule has 1 N–H and O–H groups in total. The molecular formula is C31H29ClN4O5. The summed E-state index contributed by atoms with van der Waals surface area (Å²) >= 11 is 6.53. The Bertz CT molecular complexity index is 1540. The van der Waals surface area contributed by atoms with Gasteiger partial charge >= 0.3 is 5.97 Å². The van der Waals surface area contributed by atoms with Crippen molar-refractivity contribution in [2.24, 2.45) is 5.92 Å². The summed E-state index contributed by atoms with van der Waals surface area (Å²) in [4.78, 5) is 60.8. The summed E-state index contributed by atoms with van der Waals surface area (Å²) in [6, 6.07) is 5.91. The molecule has 0 unspecified atom stereocenters. The van der Waals surface area contributed by atoms with Gasteiger partial charge in [0.25, 0.3) is 5.91 Å². The Hall–Kier alpha value is -4.63. The third-order valence-corrected chi connectivity index (χ3v) is 7.13. The molecule has 1 aliphatic heterocycles. The Kier molecular flexibility index (Phi) is 8.78. The number of ketones is 2. The van der Waals surface area contributed by atoms with Crippen LogP contribution in [0.1, 0.15) is 54.8 Å². The predicted molar refractivity (Wildman–Crippen MR) is 153 cm³/mol. The average Bonchev–Trinajstić information content (AvgIpc) is 2.99. The van der Waals surface area contributed by atoms with Crippen molar-refractivity contribution < 1.29 is 23.9 Å². The Balaban J connectivity index is 1.75. The van der Waals surface area contributed by atoms with E-state index in [0.717, 1.165) is 12.0 Å². The number of hydrogen-bond donors (Lipinski definition) is 1. The van der Waals surface area contributed by atoms with Gasteiger partial charge in [-0.25, -0.2) is 4.79 Å². The minimum Gasteiger partial charge on any atom is -0.439 e. The normalized spacial score (nSPS) is 19.9. The molecule has 3 heterocycles. The van der Waals surface area contributed by atoms with Crippen LogP contribution in [-0.4, -0.2) is 44.0 Å². The smallest absolute Gasteiger partial charge is 0.339 e.